The van der Waals surface area contributed by atoms with Crippen LogP contribution in [-0.4, -0.2) is 29.9 Å². The number of sulfone groups is 2. The Hall–Kier alpha value is -2.12. The van der Waals surface area contributed by atoms with Crippen molar-refractivity contribution >= 4 is 31.4 Å². The number of benzene rings is 2. The van der Waals surface area contributed by atoms with Gasteiger partial charge in [0, 0.05) is 18.8 Å². The second-order valence-electron chi connectivity index (χ2n) is 6.18. The molecule has 0 aliphatic carbocycles. The smallest absolute Gasteiger partial charge is 0.219 e. The molecule has 5 nitrogen and oxygen atoms in total. The molecule has 2 aromatic carbocycles. The predicted octanol–water partition coefficient (Wildman–Crippen LogP) is 3.40. The summed E-state index contributed by atoms with van der Waals surface area (Å²) in [5, 5.41) is 0. The van der Waals surface area contributed by atoms with E-state index in [0.29, 0.717) is 11.1 Å². The lowest BCUT2D eigenvalue weighted by molar-refractivity contribution is 0.603. The first-order chi connectivity index (χ1) is 12.2. The lowest BCUT2D eigenvalue weighted by Crippen LogP contribution is -2.21. The minimum absolute atomic E-state index is 0.136. The van der Waals surface area contributed by atoms with Crippen molar-refractivity contribution in [3.63, 3.8) is 0 Å². The summed E-state index contributed by atoms with van der Waals surface area (Å²) in [6.07, 6.45) is 1.24. The summed E-state index contributed by atoms with van der Waals surface area (Å²) in [6, 6.07) is 11.6. The van der Waals surface area contributed by atoms with Gasteiger partial charge in [0.25, 0.3) is 0 Å². The highest BCUT2D eigenvalue weighted by atomic mass is 32.3. The van der Waals surface area contributed by atoms with Crippen LogP contribution in [0.4, 0.5) is 5.69 Å². The van der Waals surface area contributed by atoms with E-state index in [9.17, 15) is 16.8 Å². The molecule has 0 aromatic heterocycles. The summed E-state index contributed by atoms with van der Waals surface area (Å²) < 4.78 is 50.4. The number of rotatable bonds is 4. The summed E-state index contributed by atoms with van der Waals surface area (Å²) >= 11 is 0. The first-order valence-corrected chi connectivity index (χ1v) is 11.4. The van der Waals surface area contributed by atoms with Crippen LogP contribution in [0.25, 0.3) is 6.08 Å². The van der Waals surface area contributed by atoms with E-state index in [2.05, 4.69) is 18.7 Å². The van der Waals surface area contributed by atoms with E-state index in [1.807, 2.05) is 12.1 Å². The molecule has 0 N–H and O–H groups in total. The highest BCUT2D eigenvalue weighted by molar-refractivity contribution is 8.17. The Balaban J connectivity index is 2.10. The zero-order valence-corrected chi connectivity index (χ0v) is 16.6. The second kappa shape index (κ2) is 6.55. The molecule has 1 aliphatic heterocycles. The van der Waals surface area contributed by atoms with Gasteiger partial charge in [-0.2, -0.15) is 0 Å². The van der Waals surface area contributed by atoms with Crippen LogP contribution in [0.5, 0.6) is 0 Å². The van der Waals surface area contributed by atoms with Crippen molar-refractivity contribution in [2.24, 2.45) is 0 Å². The second-order valence-corrected chi connectivity index (χ2v) is 10.2. The Morgan fingerprint density at radius 1 is 0.846 bits per heavy atom. The monoisotopic (exact) mass is 391 g/mol. The predicted molar refractivity (Wildman–Crippen MR) is 104 cm³/mol. The van der Waals surface area contributed by atoms with Crippen LogP contribution in [0, 0.1) is 6.92 Å². The van der Waals surface area contributed by atoms with E-state index in [-0.39, 0.29) is 9.79 Å². The van der Waals surface area contributed by atoms with Gasteiger partial charge in [-0.15, -0.1) is 0 Å². The molecule has 7 heteroatoms. The lowest BCUT2D eigenvalue weighted by Gasteiger charge is -2.20. The Morgan fingerprint density at radius 3 is 2.00 bits per heavy atom. The molecular formula is C19H21NO4S2. The largest absolute Gasteiger partial charge is 0.372 e. The minimum atomic E-state index is -4.05. The minimum Gasteiger partial charge on any atom is -0.372 e. The lowest BCUT2D eigenvalue weighted by atomic mass is 10.2. The molecule has 1 aliphatic rings. The van der Waals surface area contributed by atoms with E-state index in [1.165, 1.54) is 18.2 Å². The fraction of sp³-hybridized carbons (Fsp3) is 0.263. The van der Waals surface area contributed by atoms with Crippen LogP contribution in [0.15, 0.2) is 56.5 Å². The van der Waals surface area contributed by atoms with Crippen molar-refractivity contribution in [1.29, 1.82) is 0 Å². The summed E-state index contributed by atoms with van der Waals surface area (Å²) in [5.41, 5.74) is 2.24. The van der Waals surface area contributed by atoms with Crippen molar-refractivity contribution in [1.82, 2.24) is 0 Å². The van der Waals surface area contributed by atoms with Gasteiger partial charge in [0.15, 0.2) is 4.24 Å². The standard InChI is InChI=1S/C19H21NO4S2/c1-4-20(5-2)16-9-7-15(8-10-16)13-19-25(21,22)17-11-6-14(3)12-18(17)26(19,23)24/h6-13H,4-5H2,1-3H3. The van der Waals surface area contributed by atoms with Gasteiger partial charge in [-0.05, 0) is 62.2 Å². The third-order valence-electron chi connectivity index (χ3n) is 4.51. The van der Waals surface area contributed by atoms with Crippen LogP contribution in [0.3, 0.4) is 0 Å². The van der Waals surface area contributed by atoms with Gasteiger partial charge in [-0.3, -0.25) is 0 Å². The summed E-state index contributed by atoms with van der Waals surface area (Å²) in [4.78, 5) is 1.87. The van der Waals surface area contributed by atoms with Crippen LogP contribution in [0.2, 0.25) is 0 Å². The molecule has 0 atom stereocenters. The molecular weight excluding hydrogens is 370 g/mol. The molecule has 2 aromatic rings. The Kier molecular flexibility index (Phi) is 4.71. The zero-order chi connectivity index (χ0) is 19.1. The Labute approximate surface area is 154 Å². The van der Waals surface area contributed by atoms with Gasteiger partial charge in [0.05, 0.1) is 9.79 Å². The summed E-state index contributed by atoms with van der Waals surface area (Å²) in [5.74, 6) is 0. The number of hydrogen-bond acceptors (Lipinski definition) is 5. The SMILES string of the molecule is CCN(CC)c1ccc(C=C2S(=O)(=O)c3ccc(C)cc3S2(=O)=O)cc1. The van der Waals surface area contributed by atoms with Crippen molar-refractivity contribution < 1.29 is 16.8 Å². The molecule has 0 radical (unpaired) electrons. The zero-order valence-electron chi connectivity index (χ0n) is 14.9. The maximum atomic E-state index is 12.8. The molecule has 0 saturated heterocycles. The molecule has 0 amide bonds. The third kappa shape index (κ3) is 2.95. The van der Waals surface area contributed by atoms with Crippen molar-refractivity contribution in [2.75, 3.05) is 18.0 Å². The van der Waals surface area contributed by atoms with Gasteiger partial charge in [-0.25, -0.2) is 16.8 Å². The summed E-state index contributed by atoms with van der Waals surface area (Å²) in [7, 11) is -8.09. The van der Waals surface area contributed by atoms with Crippen LogP contribution in [0.1, 0.15) is 25.0 Å². The van der Waals surface area contributed by atoms with Gasteiger partial charge in [0.2, 0.25) is 19.7 Å². The number of anilines is 1. The number of fused-ring (bicyclic) bond motifs is 1. The topological polar surface area (TPSA) is 71.5 Å². The molecule has 138 valence electrons. The van der Waals surface area contributed by atoms with E-state index in [1.54, 1.807) is 25.1 Å². The van der Waals surface area contributed by atoms with Crippen molar-refractivity contribution in [3.8, 4) is 0 Å². The van der Waals surface area contributed by atoms with Gasteiger partial charge in [-0.1, -0.05) is 18.2 Å². The molecule has 0 unspecified atom stereocenters. The molecule has 26 heavy (non-hydrogen) atoms. The molecule has 0 fully saturated rings. The highest BCUT2D eigenvalue weighted by Crippen LogP contribution is 2.41. The maximum absolute atomic E-state index is 12.8. The Morgan fingerprint density at radius 2 is 1.42 bits per heavy atom. The quantitative estimate of drug-likeness (QED) is 0.799. The molecule has 0 spiro atoms. The van der Waals surface area contributed by atoms with Gasteiger partial charge < -0.3 is 4.90 Å². The average molecular weight is 392 g/mol. The average Bonchev–Trinajstić information content (AvgIpc) is 2.74. The van der Waals surface area contributed by atoms with Gasteiger partial charge >= 0.3 is 0 Å². The highest BCUT2D eigenvalue weighted by Gasteiger charge is 2.44. The van der Waals surface area contributed by atoms with Crippen LogP contribution >= 0.6 is 0 Å². The molecule has 0 saturated carbocycles. The van der Waals surface area contributed by atoms with Crippen molar-refractivity contribution in [3.05, 3.63) is 57.8 Å². The molecule has 0 bridgehead atoms. The summed E-state index contributed by atoms with van der Waals surface area (Å²) in [6.45, 7) is 7.55. The third-order valence-corrected chi connectivity index (χ3v) is 9.11. The first kappa shape index (κ1) is 18.7. The first-order valence-electron chi connectivity index (χ1n) is 8.39. The van der Waals surface area contributed by atoms with E-state index in [0.717, 1.165) is 18.8 Å². The number of hydrogen-bond donors (Lipinski definition) is 0. The molecule has 1 heterocycles. The van der Waals surface area contributed by atoms with E-state index >= 15 is 0 Å². The van der Waals surface area contributed by atoms with E-state index < -0.39 is 23.9 Å². The fourth-order valence-corrected chi connectivity index (χ4v) is 7.68. The van der Waals surface area contributed by atoms with Gasteiger partial charge in [0.1, 0.15) is 0 Å². The maximum Gasteiger partial charge on any atom is 0.219 e. The van der Waals surface area contributed by atoms with Crippen molar-refractivity contribution in [2.45, 2.75) is 30.6 Å². The van der Waals surface area contributed by atoms with E-state index in [4.69, 9.17) is 0 Å². The number of nitrogens with zero attached hydrogens (tertiary/aromatic N) is 1. The Bertz CT molecular complexity index is 1080. The fourth-order valence-electron chi connectivity index (χ4n) is 3.07. The van der Waals surface area contributed by atoms with Crippen LogP contribution in [-0.2, 0) is 19.7 Å². The van der Waals surface area contributed by atoms with Crippen LogP contribution < -0.4 is 4.90 Å². The number of aryl methyl sites for hydroxylation is 1. The molecule has 3 rings (SSSR count). The normalized spacial score (nSPS) is 18.7.